The molecule has 54 heavy (non-hydrogen) atoms. The molecule has 0 aromatic carbocycles. The molecule has 0 rings (SSSR count). The van der Waals surface area contributed by atoms with Gasteiger partial charge in [-0.2, -0.15) is 0 Å². The number of carbonyl (C=O) groups is 3. The number of esters is 3. The average Bonchev–Trinajstić information content (AvgIpc) is 3.15. The third-order valence-electron chi connectivity index (χ3n) is 10.3. The minimum absolute atomic E-state index is 0.00626. The molecule has 0 saturated heterocycles. The highest BCUT2D eigenvalue weighted by Crippen LogP contribution is 2.23. The Hall–Kier alpha value is -1.71. The molecule has 0 N–H and O–H groups in total. The van der Waals surface area contributed by atoms with Crippen LogP contribution in [0.5, 0.6) is 0 Å². The van der Waals surface area contributed by atoms with E-state index in [1.165, 1.54) is 77.0 Å². The summed E-state index contributed by atoms with van der Waals surface area (Å²) >= 11 is 0. The Morgan fingerprint density at radius 3 is 1.15 bits per heavy atom. The number of ether oxygens (including phenoxy) is 5. The van der Waals surface area contributed by atoms with Gasteiger partial charge in [-0.25, -0.2) is 0 Å². The zero-order chi connectivity index (χ0) is 40.1. The molecule has 0 spiro atoms. The lowest BCUT2D eigenvalue weighted by Crippen LogP contribution is -2.40. The van der Waals surface area contributed by atoms with E-state index in [0.717, 1.165) is 64.2 Å². The van der Waals surface area contributed by atoms with Crippen LogP contribution in [0.3, 0.4) is 0 Å². The third kappa shape index (κ3) is 29.6. The SMILES string of the molecule is CCCCCCC(CCCCCC)C(=O)OCCCCOCC(C)(COCCCCOC(=O)C(CCCCCC)CCCCCC)C(=O)OCCN(C)C. The summed E-state index contributed by atoms with van der Waals surface area (Å²) in [5, 5.41) is 0. The van der Waals surface area contributed by atoms with Gasteiger partial charge in [0.1, 0.15) is 12.0 Å². The molecule has 0 amide bonds. The lowest BCUT2D eigenvalue weighted by molar-refractivity contribution is -0.164. The van der Waals surface area contributed by atoms with Crippen molar-refractivity contribution in [2.24, 2.45) is 17.3 Å². The van der Waals surface area contributed by atoms with Crippen LogP contribution in [0, 0.1) is 17.3 Å². The first-order chi connectivity index (χ1) is 26.1. The highest BCUT2D eigenvalue weighted by Gasteiger charge is 2.36. The number of likely N-dealkylation sites (N-methyl/N-ethyl adjacent to an activating group) is 1. The van der Waals surface area contributed by atoms with Crippen molar-refractivity contribution >= 4 is 17.9 Å². The summed E-state index contributed by atoms with van der Waals surface area (Å²) in [5.74, 6) is -0.419. The quantitative estimate of drug-likeness (QED) is 0.0342. The fraction of sp³-hybridized carbons (Fsp3) is 0.933. The molecule has 0 radical (unpaired) electrons. The summed E-state index contributed by atoms with van der Waals surface area (Å²) in [7, 11) is 3.88. The van der Waals surface area contributed by atoms with Crippen molar-refractivity contribution in [2.45, 2.75) is 189 Å². The van der Waals surface area contributed by atoms with Gasteiger partial charge in [-0.3, -0.25) is 14.4 Å². The van der Waals surface area contributed by atoms with Gasteiger partial charge in [0.05, 0.1) is 38.3 Å². The molecule has 9 nitrogen and oxygen atoms in total. The van der Waals surface area contributed by atoms with Crippen LogP contribution in [0.1, 0.15) is 189 Å². The minimum atomic E-state index is -0.948. The van der Waals surface area contributed by atoms with Crippen molar-refractivity contribution in [3.8, 4) is 0 Å². The summed E-state index contributed by atoms with van der Waals surface area (Å²) in [4.78, 5) is 41.0. The molecule has 0 aromatic heterocycles. The fourth-order valence-corrected chi connectivity index (χ4v) is 6.47. The molecular formula is C45H87NO8. The van der Waals surface area contributed by atoms with E-state index >= 15 is 0 Å². The zero-order valence-corrected chi connectivity index (χ0v) is 36.5. The average molecular weight is 770 g/mol. The second kappa shape index (κ2) is 36.9. The summed E-state index contributed by atoms with van der Waals surface area (Å²) < 4.78 is 29.0. The first-order valence-electron chi connectivity index (χ1n) is 22.5. The number of carbonyl (C=O) groups excluding carboxylic acids is 3. The maximum atomic E-state index is 13.2. The summed E-state index contributed by atoms with van der Waals surface area (Å²) in [6.07, 6.45) is 25.3. The largest absolute Gasteiger partial charge is 0.465 e. The molecule has 0 aliphatic heterocycles. The van der Waals surface area contributed by atoms with E-state index in [-0.39, 0.29) is 43.0 Å². The van der Waals surface area contributed by atoms with Crippen LogP contribution in [0.25, 0.3) is 0 Å². The van der Waals surface area contributed by atoms with Gasteiger partial charge in [0, 0.05) is 19.8 Å². The zero-order valence-electron chi connectivity index (χ0n) is 36.5. The van der Waals surface area contributed by atoms with E-state index < -0.39 is 5.41 Å². The molecular weight excluding hydrogens is 682 g/mol. The normalized spacial score (nSPS) is 11.9. The highest BCUT2D eigenvalue weighted by molar-refractivity contribution is 5.76. The number of hydrogen-bond donors (Lipinski definition) is 0. The van der Waals surface area contributed by atoms with Gasteiger partial charge >= 0.3 is 17.9 Å². The molecule has 0 aliphatic carbocycles. The van der Waals surface area contributed by atoms with Gasteiger partial charge in [-0.15, -0.1) is 0 Å². The molecule has 0 heterocycles. The van der Waals surface area contributed by atoms with Gasteiger partial charge < -0.3 is 28.6 Å². The predicted octanol–water partition coefficient (Wildman–Crippen LogP) is 10.9. The fourth-order valence-electron chi connectivity index (χ4n) is 6.47. The molecule has 9 heteroatoms. The Kier molecular flexibility index (Phi) is 35.7. The Morgan fingerprint density at radius 2 is 0.815 bits per heavy atom. The van der Waals surface area contributed by atoms with Crippen molar-refractivity contribution in [3.63, 3.8) is 0 Å². The Balaban J connectivity index is 4.72. The summed E-state index contributed by atoms with van der Waals surface area (Å²) in [6.45, 7) is 13.7. The first-order valence-corrected chi connectivity index (χ1v) is 22.5. The van der Waals surface area contributed by atoms with Crippen LogP contribution in [0.2, 0.25) is 0 Å². The number of rotatable bonds is 40. The molecule has 320 valence electrons. The molecule has 0 bridgehead atoms. The standard InChI is InChI=1S/C45H87NO8/c1-8-12-16-20-28-40(29-21-17-13-9-2)42(47)52-35-26-24-33-50-38-45(5,44(49)54-37-32-46(6)7)39-51-34-25-27-36-53-43(48)41(30-22-18-14-10-3)31-23-19-15-11-4/h40-41H,8-39H2,1-7H3. The number of hydrogen-bond acceptors (Lipinski definition) is 9. The molecule has 0 saturated carbocycles. The third-order valence-corrected chi connectivity index (χ3v) is 10.3. The van der Waals surface area contributed by atoms with Gasteiger partial charge in [0.25, 0.3) is 0 Å². The molecule has 0 aromatic rings. The Morgan fingerprint density at radius 1 is 0.463 bits per heavy atom. The summed E-state index contributed by atoms with van der Waals surface area (Å²) in [5.41, 5.74) is -0.948. The maximum absolute atomic E-state index is 13.2. The monoisotopic (exact) mass is 770 g/mol. The first kappa shape index (κ1) is 52.3. The number of nitrogens with zero attached hydrogens (tertiary/aromatic N) is 1. The van der Waals surface area contributed by atoms with E-state index in [1.54, 1.807) is 0 Å². The van der Waals surface area contributed by atoms with Crippen LogP contribution in [0.4, 0.5) is 0 Å². The van der Waals surface area contributed by atoms with Gasteiger partial charge in [-0.1, -0.05) is 130 Å². The van der Waals surface area contributed by atoms with Crippen LogP contribution in [-0.2, 0) is 38.1 Å². The molecule has 0 unspecified atom stereocenters. The molecule has 0 fully saturated rings. The Labute approximate surface area is 333 Å². The second-order valence-corrected chi connectivity index (χ2v) is 16.1. The van der Waals surface area contributed by atoms with Crippen molar-refractivity contribution < 1.29 is 38.1 Å². The maximum Gasteiger partial charge on any atom is 0.316 e. The highest BCUT2D eigenvalue weighted by atomic mass is 16.5. The van der Waals surface area contributed by atoms with E-state index in [9.17, 15) is 14.4 Å². The van der Waals surface area contributed by atoms with Gasteiger partial charge in [-0.05, 0) is 72.4 Å². The van der Waals surface area contributed by atoms with E-state index in [2.05, 4.69) is 27.7 Å². The molecule has 0 atom stereocenters. The van der Waals surface area contributed by atoms with E-state index in [1.807, 2.05) is 25.9 Å². The van der Waals surface area contributed by atoms with Crippen molar-refractivity contribution in [1.82, 2.24) is 4.90 Å². The minimum Gasteiger partial charge on any atom is -0.465 e. The topological polar surface area (TPSA) is 101 Å². The van der Waals surface area contributed by atoms with Crippen molar-refractivity contribution in [3.05, 3.63) is 0 Å². The van der Waals surface area contributed by atoms with Crippen LogP contribution < -0.4 is 0 Å². The molecule has 0 aliphatic rings. The van der Waals surface area contributed by atoms with Gasteiger partial charge in [0.2, 0.25) is 0 Å². The smallest absolute Gasteiger partial charge is 0.316 e. The summed E-state index contributed by atoms with van der Waals surface area (Å²) in [6, 6.07) is 0. The van der Waals surface area contributed by atoms with E-state index in [0.29, 0.717) is 52.4 Å². The lowest BCUT2D eigenvalue weighted by Gasteiger charge is -2.27. The predicted molar refractivity (Wildman–Crippen MR) is 222 cm³/mol. The van der Waals surface area contributed by atoms with Crippen LogP contribution >= 0.6 is 0 Å². The van der Waals surface area contributed by atoms with Crippen molar-refractivity contribution in [1.29, 1.82) is 0 Å². The van der Waals surface area contributed by atoms with Crippen LogP contribution in [0.15, 0.2) is 0 Å². The van der Waals surface area contributed by atoms with Gasteiger partial charge in [0.15, 0.2) is 0 Å². The van der Waals surface area contributed by atoms with Crippen LogP contribution in [-0.4, -0.2) is 89.7 Å². The number of unbranched alkanes of at least 4 members (excludes halogenated alkanes) is 14. The Bertz CT molecular complexity index is 804. The lowest BCUT2D eigenvalue weighted by atomic mass is 9.93. The second-order valence-electron chi connectivity index (χ2n) is 16.1. The van der Waals surface area contributed by atoms with Crippen molar-refractivity contribution in [2.75, 3.05) is 66.9 Å². The van der Waals surface area contributed by atoms with E-state index in [4.69, 9.17) is 23.7 Å².